The lowest BCUT2D eigenvalue weighted by Gasteiger charge is -2.22. The molecule has 0 heterocycles. The van der Waals surface area contributed by atoms with E-state index in [-0.39, 0.29) is 68.9 Å². The minimum absolute atomic E-state index is 0. The van der Waals surface area contributed by atoms with Crippen LogP contribution in [0.25, 0.3) is 0 Å². The van der Waals surface area contributed by atoms with E-state index in [2.05, 4.69) is 176 Å². The lowest BCUT2D eigenvalue weighted by Crippen LogP contribution is -2.44. The molecule has 0 saturated carbocycles. The minimum Gasteiger partial charge on any atom is -0.506 e. The molecule has 0 fully saturated rings. The first kappa shape index (κ1) is 109. The Balaban J connectivity index is -0.000000222. The number of nitrogens with zero attached hydrogens (tertiary/aromatic N) is 1. The summed E-state index contributed by atoms with van der Waals surface area (Å²) in [5.74, 6) is 0.836. The van der Waals surface area contributed by atoms with E-state index in [1.54, 1.807) is 128 Å². The molecule has 0 aliphatic carbocycles. The molecule has 0 saturated heterocycles. The van der Waals surface area contributed by atoms with Crippen molar-refractivity contribution in [2.75, 3.05) is 19.6 Å². The van der Waals surface area contributed by atoms with E-state index in [0.29, 0.717) is 37.3 Å². The Bertz CT molecular complexity index is 2950. The molecule has 0 aliphatic rings. The summed E-state index contributed by atoms with van der Waals surface area (Å²) >= 11 is 16.7. The Kier molecular flexibility index (Phi) is 55.6. The first-order valence-electron chi connectivity index (χ1n) is 27.7. The Morgan fingerprint density at radius 1 is 0.418 bits per heavy atom. The normalized spacial score (nSPS) is 11.2. The van der Waals surface area contributed by atoms with Gasteiger partial charge in [0.05, 0.1) is 28.6 Å². The maximum Gasteiger partial charge on any atom is 0.519 e. The van der Waals surface area contributed by atoms with Gasteiger partial charge in [-0.15, -0.1) is 0 Å². The van der Waals surface area contributed by atoms with Crippen molar-refractivity contribution in [1.29, 1.82) is 0 Å². The number of hydrogen-bond donors (Lipinski definition) is 6. The Labute approximate surface area is 691 Å². The summed E-state index contributed by atoms with van der Waals surface area (Å²) < 4.78 is 50.9. The highest BCUT2D eigenvalue weighted by atomic mass is 127. The van der Waals surface area contributed by atoms with Gasteiger partial charge in [0, 0.05) is 6.42 Å². The second-order valence-electron chi connectivity index (χ2n) is 24.0. The number of nitrogens with two attached hydrogens (primary N) is 1. The maximum absolute atomic E-state index is 12.0. The Hall–Kier alpha value is -2.47. The standard InChI is InChI=1S/C20H19I4NO6.C15H11I4NO4.2C10H18O5.C6H15N.6CH4/c1-20(2,3)31-19(29)25-15(18(27)28)6-9-4-13(23)17(14(24)5-9)30-10-7-11(21)16(26)12(22)8-10;16-8-4-7(5-9(17)13(8)21)24-14-10(18)1-6(2-11(14)19)3-12(20)15(22)23;2*1-9(2,3)14-7(11)13-8(12)15-10(4,5)6;1-4-7(5-2)6-3;;;;;;/h4-5,7-8,15,26H,6H2,1-3H3,(H,25,29)(H,27,28);1-2,4-5,12,21H,3,20H2,(H,22,23);2*1-6H3;4-6H2,1-3H3;6*1H4. The second-order valence-corrected chi connectivity index (χ2v) is 33.3. The SMILES string of the molecule is C.C.C.C.C.C.CC(C)(C)OC(=O)NC(Cc1cc(I)c(Oc2cc(I)c(O)c(I)c2)c(I)c1)C(=O)O.CC(C)(C)OC(=O)OC(=O)OC(C)(C)C.CC(C)(C)OC(=O)OC(=O)OC(C)(C)C.CCN(CC)CC.NC(Cc1cc(I)c(Oc2cc(I)c(O)c(I)c2)c(I)c1)C(=O)O. The summed E-state index contributed by atoms with van der Waals surface area (Å²) in [5, 5.41) is 40.6. The highest BCUT2D eigenvalue weighted by Crippen LogP contribution is 2.39. The van der Waals surface area contributed by atoms with Crippen LogP contribution in [0.2, 0.25) is 0 Å². The van der Waals surface area contributed by atoms with E-state index in [1.807, 2.05) is 69.4 Å². The van der Waals surface area contributed by atoms with E-state index in [1.165, 1.54) is 19.6 Å². The van der Waals surface area contributed by atoms with Gasteiger partial charge in [-0.3, -0.25) is 4.79 Å². The summed E-state index contributed by atoms with van der Waals surface area (Å²) in [6.45, 7) is 35.3. The van der Waals surface area contributed by atoms with Gasteiger partial charge in [0.1, 0.15) is 63.1 Å². The number of aliphatic carboxylic acids is 2. The van der Waals surface area contributed by atoms with Crippen LogP contribution < -0.4 is 20.5 Å². The van der Waals surface area contributed by atoms with Gasteiger partial charge in [0.25, 0.3) is 0 Å². The summed E-state index contributed by atoms with van der Waals surface area (Å²) in [4.78, 5) is 81.0. The van der Waals surface area contributed by atoms with Crippen LogP contribution in [0.4, 0.5) is 24.0 Å². The Morgan fingerprint density at radius 3 is 0.867 bits per heavy atom. The fraction of sp³-hybridized carbons (Fsp3) is 0.537. The molecule has 4 aromatic carbocycles. The van der Waals surface area contributed by atoms with Crippen molar-refractivity contribution in [3.63, 3.8) is 0 Å². The van der Waals surface area contributed by atoms with Crippen molar-refractivity contribution < 1.29 is 96.6 Å². The van der Waals surface area contributed by atoms with Gasteiger partial charge >= 0.3 is 42.7 Å². The molecule has 31 heteroatoms. The van der Waals surface area contributed by atoms with Crippen LogP contribution in [-0.4, -0.2) is 128 Å². The predicted octanol–water partition coefficient (Wildman–Crippen LogP) is 21.6. The number of amides is 1. The fourth-order valence-electron chi connectivity index (χ4n) is 6.21. The van der Waals surface area contributed by atoms with Gasteiger partial charge < -0.3 is 79.0 Å². The number of phenols is 2. The maximum atomic E-state index is 12.0. The number of ether oxygens (including phenoxy) is 9. The number of halogens is 8. The molecule has 0 aromatic heterocycles. The molecular formula is C67H105I8N3O20. The number of rotatable bonds is 14. The van der Waals surface area contributed by atoms with Crippen molar-refractivity contribution >= 4 is 223 Å². The average molecular weight is 2290 g/mol. The molecule has 0 radical (unpaired) electrons. The van der Waals surface area contributed by atoms with Gasteiger partial charge in [-0.25, -0.2) is 28.8 Å². The number of carboxylic acid groups (broad SMARTS) is 2. The number of aromatic hydroxyl groups is 2. The van der Waals surface area contributed by atoms with Crippen LogP contribution in [0, 0.1) is 28.6 Å². The van der Waals surface area contributed by atoms with Crippen LogP contribution in [0.15, 0.2) is 48.5 Å². The highest BCUT2D eigenvalue weighted by molar-refractivity contribution is 14.1. The largest absolute Gasteiger partial charge is 0.519 e. The van der Waals surface area contributed by atoms with Crippen LogP contribution in [0.5, 0.6) is 34.5 Å². The van der Waals surface area contributed by atoms with Gasteiger partial charge in [0.2, 0.25) is 0 Å². The zero-order chi connectivity index (χ0) is 71.8. The van der Waals surface area contributed by atoms with Gasteiger partial charge in [-0.2, -0.15) is 0 Å². The fourth-order valence-corrected chi connectivity index (χ4v) is 13.9. The predicted molar refractivity (Wildman–Crippen MR) is 456 cm³/mol. The number of carboxylic acids is 2. The number of carbonyl (C=O) groups is 7. The van der Waals surface area contributed by atoms with Crippen LogP contribution in [0.1, 0.15) is 180 Å². The van der Waals surface area contributed by atoms with E-state index >= 15 is 0 Å². The number of alkyl carbamates (subject to hydrolysis) is 1. The first-order chi connectivity index (χ1) is 41.8. The van der Waals surface area contributed by atoms with Crippen LogP contribution in [-0.2, 0) is 55.6 Å². The quantitative estimate of drug-likeness (QED) is 0.0296. The van der Waals surface area contributed by atoms with E-state index in [9.17, 15) is 48.9 Å². The average Bonchev–Trinajstić information content (AvgIpc) is 0.822. The van der Waals surface area contributed by atoms with Gasteiger partial charge in [-0.05, 0) is 370 Å². The molecule has 564 valence electrons. The lowest BCUT2D eigenvalue weighted by atomic mass is 10.1. The summed E-state index contributed by atoms with van der Waals surface area (Å²) in [7, 11) is 0. The van der Waals surface area contributed by atoms with Crippen molar-refractivity contribution in [2.24, 2.45) is 5.73 Å². The number of phenolic OH excluding ortho intramolecular Hbond substituents is 2. The van der Waals surface area contributed by atoms with E-state index in [0.717, 1.165) is 25.4 Å². The molecule has 4 aromatic rings. The van der Waals surface area contributed by atoms with E-state index < -0.39 is 82.7 Å². The topological polar surface area (TPSA) is 325 Å². The number of carbonyl (C=O) groups excluding carboxylic acids is 5. The van der Waals surface area contributed by atoms with Crippen LogP contribution >= 0.6 is 181 Å². The monoisotopic (exact) mass is 2290 g/mol. The number of hydrogen-bond acceptors (Lipinski definition) is 20. The lowest BCUT2D eigenvalue weighted by molar-refractivity contribution is -0.140. The number of benzene rings is 4. The number of nitrogens with one attached hydrogen (secondary N) is 1. The molecular weight excluding hydrogens is 2180 g/mol. The third-order valence-electron chi connectivity index (χ3n) is 9.97. The highest BCUT2D eigenvalue weighted by Gasteiger charge is 2.28. The zero-order valence-electron chi connectivity index (χ0n) is 54.2. The second kappa shape index (κ2) is 50.1. The smallest absolute Gasteiger partial charge is 0.506 e. The van der Waals surface area contributed by atoms with Gasteiger partial charge in [-0.1, -0.05) is 65.3 Å². The molecule has 0 bridgehead atoms. The molecule has 7 N–H and O–H groups in total. The molecule has 4 rings (SSSR count). The molecule has 2 atom stereocenters. The molecule has 1 amide bonds. The summed E-state index contributed by atoms with van der Waals surface area (Å²) in [5.41, 5.74) is 3.68. The van der Waals surface area contributed by atoms with Crippen molar-refractivity contribution in [3.8, 4) is 34.5 Å². The van der Waals surface area contributed by atoms with Gasteiger partial charge in [0.15, 0.2) is 11.5 Å². The first-order valence-corrected chi connectivity index (χ1v) is 36.3. The summed E-state index contributed by atoms with van der Waals surface area (Å²) in [6.07, 6.45) is -4.66. The van der Waals surface area contributed by atoms with Crippen molar-refractivity contribution in [3.05, 3.63) is 88.2 Å². The summed E-state index contributed by atoms with van der Waals surface area (Å²) in [6, 6.07) is 12.3. The molecule has 23 nitrogen and oxygen atoms in total. The minimum atomic E-state index is -1.15. The third-order valence-corrected chi connectivity index (χ3v) is 16.5. The van der Waals surface area contributed by atoms with Crippen molar-refractivity contribution in [2.45, 2.75) is 222 Å². The molecule has 2 unspecified atom stereocenters. The molecule has 0 aliphatic heterocycles. The molecule has 0 spiro atoms. The van der Waals surface area contributed by atoms with Crippen molar-refractivity contribution in [1.82, 2.24) is 10.2 Å². The van der Waals surface area contributed by atoms with E-state index in [4.69, 9.17) is 44.0 Å². The third kappa shape index (κ3) is 48.5. The Morgan fingerprint density at radius 2 is 0.663 bits per heavy atom. The molecule has 98 heavy (non-hydrogen) atoms. The van der Waals surface area contributed by atoms with Crippen LogP contribution in [0.3, 0.4) is 0 Å². The zero-order valence-corrected chi connectivity index (χ0v) is 71.4.